The monoisotopic (exact) mass is 312 g/mol. The molecule has 0 spiro atoms. The molecular formula is C19H24N2O2. The number of hydrogen-bond donors (Lipinski definition) is 3. The third-order valence-electron chi connectivity index (χ3n) is 3.93. The first-order valence-corrected chi connectivity index (χ1v) is 7.93. The Bertz CT molecular complexity index is 587. The second kappa shape index (κ2) is 9.08. The third-order valence-corrected chi connectivity index (χ3v) is 3.93. The molecule has 122 valence electrons. The first-order chi connectivity index (χ1) is 11.2. The molecule has 0 saturated carbocycles. The van der Waals surface area contributed by atoms with Crippen molar-refractivity contribution in [3.8, 4) is 0 Å². The van der Waals surface area contributed by atoms with Gasteiger partial charge >= 0.3 is 0 Å². The minimum absolute atomic E-state index is 0.0692. The van der Waals surface area contributed by atoms with Crippen molar-refractivity contribution in [2.45, 2.75) is 24.8 Å². The van der Waals surface area contributed by atoms with Crippen LogP contribution in [0.25, 0.3) is 0 Å². The molecule has 2 rings (SSSR count). The second-order valence-electron chi connectivity index (χ2n) is 5.65. The van der Waals surface area contributed by atoms with Gasteiger partial charge in [-0.25, -0.2) is 0 Å². The number of benzene rings is 2. The number of carbonyl (C=O) groups excluding carboxylic acids is 1. The average Bonchev–Trinajstić information content (AvgIpc) is 2.60. The second-order valence-corrected chi connectivity index (χ2v) is 5.65. The van der Waals surface area contributed by atoms with E-state index in [2.05, 4.69) is 5.32 Å². The molecule has 2 aromatic rings. The van der Waals surface area contributed by atoms with Crippen molar-refractivity contribution in [1.29, 1.82) is 0 Å². The zero-order valence-corrected chi connectivity index (χ0v) is 13.2. The first-order valence-electron chi connectivity index (χ1n) is 7.93. The summed E-state index contributed by atoms with van der Waals surface area (Å²) < 4.78 is 0. The number of aliphatic hydroxyl groups is 1. The fourth-order valence-electron chi connectivity index (χ4n) is 2.59. The van der Waals surface area contributed by atoms with E-state index in [1.807, 2.05) is 60.7 Å². The van der Waals surface area contributed by atoms with Gasteiger partial charge in [0.1, 0.15) is 0 Å². The maximum atomic E-state index is 12.1. The quantitative estimate of drug-likeness (QED) is 0.700. The maximum absolute atomic E-state index is 12.1. The van der Waals surface area contributed by atoms with Gasteiger partial charge < -0.3 is 16.2 Å². The van der Waals surface area contributed by atoms with Crippen LogP contribution < -0.4 is 11.1 Å². The molecule has 0 aliphatic carbocycles. The summed E-state index contributed by atoms with van der Waals surface area (Å²) in [6.45, 7) is 0.601. The fourth-order valence-corrected chi connectivity index (χ4v) is 2.59. The summed E-state index contributed by atoms with van der Waals surface area (Å²) in [7, 11) is 0. The van der Waals surface area contributed by atoms with Crippen LogP contribution in [0.4, 0.5) is 0 Å². The van der Waals surface area contributed by atoms with Gasteiger partial charge in [-0.3, -0.25) is 4.79 Å². The van der Waals surface area contributed by atoms with Gasteiger partial charge in [0, 0.05) is 31.5 Å². The number of carbonyl (C=O) groups is 1. The SMILES string of the molecule is NC(CC(=O)NCC(CCO)c1ccccc1)c1ccccc1. The van der Waals surface area contributed by atoms with Crippen molar-refractivity contribution in [1.82, 2.24) is 5.32 Å². The number of amides is 1. The van der Waals surface area contributed by atoms with E-state index in [0.29, 0.717) is 13.0 Å². The molecule has 2 atom stereocenters. The Balaban J connectivity index is 1.87. The minimum Gasteiger partial charge on any atom is -0.396 e. The molecule has 0 aromatic heterocycles. The van der Waals surface area contributed by atoms with Crippen molar-refractivity contribution in [3.05, 3.63) is 71.8 Å². The van der Waals surface area contributed by atoms with Crippen LogP contribution in [0.3, 0.4) is 0 Å². The van der Waals surface area contributed by atoms with Crippen molar-refractivity contribution >= 4 is 5.91 Å². The number of hydrogen-bond acceptors (Lipinski definition) is 3. The summed E-state index contributed by atoms with van der Waals surface area (Å²) in [6, 6.07) is 19.2. The van der Waals surface area contributed by atoms with Crippen LogP contribution in [-0.2, 0) is 4.79 Å². The van der Waals surface area contributed by atoms with Crippen LogP contribution in [0, 0.1) is 0 Å². The largest absolute Gasteiger partial charge is 0.396 e. The van der Waals surface area contributed by atoms with E-state index in [1.165, 1.54) is 0 Å². The van der Waals surface area contributed by atoms with E-state index < -0.39 is 0 Å². The Labute approximate surface area is 137 Å². The normalized spacial score (nSPS) is 13.3. The highest BCUT2D eigenvalue weighted by Crippen LogP contribution is 2.18. The molecule has 0 radical (unpaired) electrons. The lowest BCUT2D eigenvalue weighted by Gasteiger charge is -2.18. The molecule has 0 aliphatic rings. The van der Waals surface area contributed by atoms with Gasteiger partial charge in [0.15, 0.2) is 0 Å². The van der Waals surface area contributed by atoms with Gasteiger partial charge in [-0.05, 0) is 17.5 Å². The Morgan fingerprint density at radius 2 is 1.57 bits per heavy atom. The number of nitrogens with one attached hydrogen (secondary N) is 1. The summed E-state index contributed by atoms with van der Waals surface area (Å²) in [6.07, 6.45) is 0.875. The predicted octanol–water partition coefficient (Wildman–Crippen LogP) is 2.36. The van der Waals surface area contributed by atoms with E-state index in [4.69, 9.17) is 5.73 Å². The fraction of sp³-hybridized carbons (Fsp3) is 0.316. The molecule has 1 amide bonds. The molecular weight excluding hydrogens is 288 g/mol. The van der Waals surface area contributed by atoms with Gasteiger partial charge in [0.05, 0.1) is 0 Å². The minimum atomic E-state index is -0.302. The molecule has 2 aromatic carbocycles. The van der Waals surface area contributed by atoms with Crippen LogP contribution in [0.2, 0.25) is 0 Å². The Hall–Kier alpha value is -2.17. The molecule has 0 saturated heterocycles. The zero-order chi connectivity index (χ0) is 16.5. The summed E-state index contributed by atoms with van der Waals surface area (Å²) in [4.78, 5) is 12.1. The van der Waals surface area contributed by atoms with Crippen LogP contribution in [0.15, 0.2) is 60.7 Å². The molecule has 4 nitrogen and oxygen atoms in total. The summed E-state index contributed by atoms with van der Waals surface area (Å²) >= 11 is 0. The lowest BCUT2D eigenvalue weighted by molar-refractivity contribution is -0.121. The van der Waals surface area contributed by atoms with Crippen LogP contribution >= 0.6 is 0 Å². The third kappa shape index (κ3) is 5.51. The summed E-state index contributed by atoms with van der Waals surface area (Å²) in [5, 5.41) is 12.2. The Morgan fingerprint density at radius 1 is 1.00 bits per heavy atom. The van der Waals surface area contributed by atoms with Gasteiger partial charge in [-0.2, -0.15) is 0 Å². The highest BCUT2D eigenvalue weighted by molar-refractivity contribution is 5.76. The number of nitrogens with two attached hydrogens (primary N) is 1. The topological polar surface area (TPSA) is 75.4 Å². The molecule has 0 aliphatic heterocycles. The smallest absolute Gasteiger partial charge is 0.221 e. The Kier molecular flexibility index (Phi) is 6.78. The average molecular weight is 312 g/mol. The number of rotatable bonds is 8. The van der Waals surface area contributed by atoms with Crippen LogP contribution in [0.5, 0.6) is 0 Å². The van der Waals surface area contributed by atoms with Crippen LogP contribution in [0.1, 0.15) is 35.9 Å². The van der Waals surface area contributed by atoms with Crippen LogP contribution in [-0.4, -0.2) is 24.2 Å². The van der Waals surface area contributed by atoms with Crippen molar-refractivity contribution < 1.29 is 9.90 Å². The van der Waals surface area contributed by atoms with E-state index >= 15 is 0 Å². The zero-order valence-electron chi connectivity index (χ0n) is 13.2. The Morgan fingerprint density at radius 3 is 2.13 bits per heavy atom. The summed E-state index contributed by atoms with van der Waals surface area (Å²) in [5.74, 6) is 0.0401. The molecule has 4 heteroatoms. The molecule has 0 fully saturated rings. The molecule has 23 heavy (non-hydrogen) atoms. The first kappa shape index (κ1) is 17.2. The predicted molar refractivity (Wildman–Crippen MR) is 91.9 cm³/mol. The highest BCUT2D eigenvalue weighted by atomic mass is 16.3. The molecule has 2 unspecified atom stereocenters. The van der Waals surface area contributed by atoms with Gasteiger partial charge in [0.25, 0.3) is 0 Å². The van der Waals surface area contributed by atoms with E-state index in [1.54, 1.807) is 0 Å². The van der Waals surface area contributed by atoms with E-state index in [-0.39, 0.29) is 30.9 Å². The lowest BCUT2D eigenvalue weighted by Crippen LogP contribution is -2.31. The van der Waals surface area contributed by atoms with E-state index in [0.717, 1.165) is 11.1 Å². The van der Waals surface area contributed by atoms with Gasteiger partial charge in [-0.1, -0.05) is 60.7 Å². The van der Waals surface area contributed by atoms with Gasteiger partial charge in [0.2, 0.25) is 5.91 Å². The van der Waals surface area contributed by atoms with E-state index in [9.17, 15) is 9.90 Å². The van der Waals surface area contributed by atoms with Gasteiger partial charge in [-0.15, -0.1) is 0 Å². The lowest BCUT2D eigenvalue weighted by atomic mass is 9.96. The molecule has 0 heterocycles. The van der Waals surface area contributed by atoms with Crippen molar-refractivity contribution in [2.75, 3.05) is 13.2 Å². The standard InChI is InChI=1S/C19H24N2O2/c20-18(16-9-5-2-6-10-16)13-19(23)21-14-17(11-12-22)15-7-3-1-4-8-15/h1-10,17-18,22H,11-14,20H2,(H,21,23). The maximum Gasteiger partial charge on any atom is 0.221 e. The van der Waals surface area contributed by atoms with Crippen molar-refractivity contribution in [3.63, 3.8) is 0 Å². The summed E-state index contributed by atoms with van der Waals surface area (Å²) in [5.41, 5.74) is 8.15. The van der Waals surface area contributed by atoms with Crippen molar-refractivity contribution in [2.24, 2.45) is 5.73 Å². The molecule has 4 N–H and O–H groups in total. The molecule has 0 bridgehead atoms. The highest BCUT2D eigenvalue weighted by Gasteiger charge is 2.15. The number of aliphatic hydroxyl groups excluding tert-OH is 1.